The minimum atomic E-state index is -1.04. The molecule has 0 saturated carbocycles. The molecule has 1 fully saturated rings. The van der Waals surface area contributed by atoms with Crippen molar-refractivity contribution < 1.29 is 24.2 Å². The Kier molecular flexibility index (Phi) is 5.61. The van der Waals surface area contributed by atoms with Crippen LogP contribution in [0.4, 0.5) is 10.5 Å². The number of nitrogens with zero attached hydrogens (tertiary/aromatic N) is 1. The maximum Gasteiger partial charge on any atom is 0.344 e. The van der Waals surface area contributed by atoms with E-state index in [9.17, 15) is 14.4 Å². The van der Waals surface area contributed by atoms with Crippen LogP contribution in [0.15, 0.2) is 59.5 Å². The van der Waals surface area contributed by atoms with E-state index in [1.165, 1.54) is 0 Å². The molecule has 1 aliphatic rings. The lowest BCUT2D eigenvalue weighted by molar-refractivity contribution is -0.145. The molecule has 1 aliphatic heterocycles. The lowest BCUT2D eigenvalue weighted by Gasteiger charge is -2.13. The lowest BCUT2D eigenvalue weighted by atomic mass is 10.2. The average molecular weight is 383 g/mol. The second kappa shape index (κ2) is 8.09. The molecule has 2 aromatic carbocycles. The van der Waals surface area contributed by atoms with E-state index < -0.39 is 12.1 Å². The van der Waals surface area contributed by atoms with Crippen LogP contribution in [0.5, 0.6) is 5.75 Å². The monoisotopic (exact) mass is 383 g/mol. The third-order valence-corrected chi connectivity index (χ3v) is 4.76. The van der Waals surface area contributed by atoms with Crippen LogP contribution < -0.4 is 9.64 Å². The van der Waals surface area contributed by atoms with E-state index in [4.69, 9.17) is 9.84 Å². The summed E-state index contributed by atoms with van der Waals surface area (Å²) >= 11 is 0.864. The fourth-order valence-corrected chi connectivity index (χ4v) is 3.41. The van der Waals surface area contributed by atoms with E-state index in [0.29, 0.717) is 28.3 Å². The van der Waals surface area contributed by atoms with Gasteiger partial charge in [0, 0.05) is 0 Å². The van der Waals surface area contributed by atoms with Gasteiger partial charge in [-0.25, -0.2) is 9.69 Å². The van der Waals surface area contributed by atoms with Gasteiger partial charge in [-0.2, -0.15) is 0 Å². The van der Waals surface area contributed by atoms with Crippen LogP contribution in [0.3, 0.4) is 0 Å². The Morgan fingerprint density at radius 3 is 2.59 bits per heavy atom. The summed E-state index contributed by atoms with van der Waals surface area (Å²) in [6.45, 7) is 1.72. The molecule has 2 aromatic rings. The first-order chi connectivity index (χ1) is 13.0. The lowest BCUT2D eigenvalue weighted by Crippen LogP contribution is -2.27. The van der Waals surface area contributed by atoms with Crippen molar-refractivity contribution in [2.75, 3.05) is 4.90 Å². The van der Waals surface area contributed by atoms with Crippen molar-refractivity contribution in [3.8, 4) is 5.75 Å². The smallest absolute Gasteiger partial charge is 0.344 e. The van der Waals surface area contributed by atoms with Crippen molar-refractivity contribution in [2.45, 2.75) is 19.4 Å². The number of carboxylic acids is 1. The highest BCUT2D eigenvalue weighted by Crippen LogP contribution is 2.35. The number of carbonyl (C=O) groups is 3. The quantitative estimate of drug-likeness (QED) is 0.754. The molecule has 138 valence electrons. The van der Waals surface area contributed by atoms with Crippen LogP contribution in [-0.4, -0.2) is 28.3 Å². The Bertz CT molecular complexity index is 910. The summed E-state index contributed by atoms with van der Waals surface area (Å²) in [6.07, 6.45) is 0.989. The number of ether oxygens (including phenoxy) is 1. The van der Waals surface area contributed by atoms with E-state index in [1.807, 2.05) is 6.07 Å². The first kappa shape index (κ1) is 18.7. The molecule has 0 bridgehead atoms. The number of anilines is 1. The van der Waals surface area contributed by atoms with Crippen molar-refractivity contribution in [3.05, 3.63) is 65.1 Å². The first-order valence-corrected chi connectivity index (χ1v) is 9.13. The van der Waals surface area contributed by atoms with Gasteiger partial charge in [-0.3, -0.25) is 9.59 Å². The Morgan fingerprint density at radius 1 is 1.19 bits per heavy atom. The summed E-state index contributed by atoms with van der Waals surface area (Å²) in [5, 5.41) is 8.75. The van der Waals surface area contributed by atoms with Gasteiger partial charge in [0.25, 0.3) is 11.1 Å². The number of rotatable bonds is 6. The maximum atomic E-state index is 12.6. The molecule has 1 saturated heterocycles. The van der Waals surface area contributed by atoms with Crippen molar-refractivity contribution in [3.63, 3.8) is 0 Å². The van der Waals surface area contributed by atoms with Gasteiger partial charge in [0.2, 0.25) is 0 Å². The molecule has 1 N–H and O–H groups in total. The van der Waals surface area contributed by atoms with Crippen molar-refractivity contribution in [1.29, 1.82) is 0 Å². The van der Waals surface area contributed by atoms with Crippen LogP contribution in [0.2, 0.25) is 0 Å². The maximum absolute atomic E-state index is 12.6. The molecule has 1 unspecified atom stereocenters. The van der Waals surface area contributed by atoms with Gasteiger partial charge in [-0.1, -0.05) is 37.3 Å². The predicted octanol–water partition coefficient (Wildman–Crippen LogP) is 4.17. The number of aliphatic carboxylic acids is 1. The summed E-state index contributed by atoms with van der Waals surface area (Å²) in [5.41, 5.74) is 1.17. The number of thioether (sulfide) groups is 1. The van der Waals surface area contributed by atoms with Gasteiger partial charge in [-0.15, -0.1) is 0 Å². The van der Waals surface area contributed by atoms with Gasteiger partial charge in [0.15, 0.2) is 6.10 Å². The summed E-state index contributed by atoms with van der Waals surface area (Å²) in [7, 11) is 0. The van der Waals surface area contributed by atoms with Crippen LogP contribution >= 0.6 is 11.8 Å². The zero-order chi connectivity index (χ0) is 19.4. The molecule has 0 radical (unpaired) electrons. The minimum absolute atomic E-state index is 0.297. The van der Waals surface area contributed by atoms with Gasteiger partial charge in [0.1, 0.15) is 5.75 Å². The predicted molar refractivity (Wildman–Crippen MR) is 104 cm³/mol. The number of amides is 2. The Balaban J connectivity index is 1.83. The summed E-state index contributed by atoms with van der Waals surface area (Å²) in [5.74, 6) is -1.04. The van der Waals surface area contributed by atoms with E-state index in [1.54, 1.807) is 61.5 Å². The third-order valence-electron chi connectivity index (χ3n) is 3.89. The molecular weight excluding hydrogens is 366 g/mol. The Hall–Kier alpha value is -3.06. The van der Waals surface area contributed by atoms with Crippen LogP contribution in [0.25, 0.3) is 6.08 Å². The molecular formula is C20H17NO5S. The molecule has 0 aliphatic carbocycles. The molecule has 0 aromatic heterocycles. The molecule has 7 heteroatoms. The summed E-state index contributed by atoms with van der Waals surface area (Å²) in [6, 6.07) is 15.5. The van der Waals surface area contributed by atoms with Crippen molar-refractivity contribution in [1.82, 2.24) is 0 Å². The van der Waals surface area contributed by atoms with Gasteiger partial charge in [-0.05, 0) is 54.1 Å². The molecule has 27 heavy (non-hydrogen) atoms. The highest BCUT2D eigenvalue weighted by atomic mass is 32.2. The molecule has 1 atom stereocenters. The second-order valence-electron chi connectivity index (χ2n) is 5.78. The Labute approximate surface area is 160 Å². The number of carboxylic acid groups (broad SMARTS) is 1. The van der Waals surface area contributed by atoms with Crippen LogP contribution in [0, 0.1) is 0 Å². The van der Waals surface area contributed by atoms with Crippen molar-refractivity contribution >= 4 is 40.6 Å². The topological polar surface area (TPSA) is 83.9 Å². The highest BCUT2D eigenvalue weighted by molar-refractivity contribution is 8.19. The number of carbonyl (C=O) groups excluding carboxylic acids is 2. The van der Waals surface area contributed by atoms with E-state index in [0.717, 1.165) is 16.7 Å². The van der Waals surface area contributed by atoms with Crippen molar-refractivity contribution in [2.24, 2.45) is 0 Å². The average Bonchev–Trinajstić information content (AvgIpc) is 2.93. The molecule has 2 amide bonds. The SMILES string of the molecule is CCC(Oc1cccc(/C=C2/SC(=O)N(c3ccccc3)C2=O)c1)C(=O)O. The van der Waals surface area contributed by atoms with E-state index >= 15 is 0 Å². The molecule has 3 rings (SSSR count). The summed E-state index contributed by atoms with van der Waals surface area (Å²) < 4.78 is 5.47. The minimum Gasteiger partial charge on any atom is -0.479 e. The van der Waals surface area contributed by atoms with E-state index in [-0.39, 0.29) is 11.1 Å². The van der Waals surface area contributed by atoms with Gasteiger partial charge < -0.3 is 9.84 Å². The van der Waals surface area contributed by atoms with Gasteiger partial charge in [0.05, 0.1) is 10.6 Å². The molecule has 1 heterocycles. The fourth-order valence-electron chi connectivity index (χ4n) is 2.57. The zero-order valence-corrected chi connectivity index (χ0v) is 15.3. The molecule has 6 nitrogen and oxygen atoms in total. The largest absolute Gasteiger partial charge is 0.479 e. The normalized spacial score (nSPS) is 16.6. The second-order valence-corrected chi connectivity index (χ2v) is 6.77. The summed E-state index contributed by atoms with van der Waals surface area (Å²) in [4.78, 5) is 37.4. The van der Waals surface area contributed by atoms with Crippen LogP contribution in [-0.2, 0) is 9.59 Å². The Morgan fingerprint density at radius 2 is 1.93 bits per heavy atom. The highest BCUT2D eigenvalue weighted by Gasteiger charge is 2.36. The third kappa shape index (κ3) is 4.20. The first-order valence-electron chi connectivity index (χ1n) is 8.32. The van der Waals surface area contributed by atoms with E-state index in [2.05, 4.69) is 0 Å². The van der Waals surface area contributed by atoms with Crippen LogP contribution in [0.1, 0.15) is 18.9 Å². The zero-order valence-electron chi connectivity index (χ0n) is 14.5. The number of hydrogen-bond acceptors (Lipinski definition) is 5. The number of para-hydroxylation sites is 1. The van der Waals surface area contributed by atoms with Gasteiger partial charge >= 0.3 is 5.97 Å². The standard InChI is InChI=1S/C20H17NO5S/c1-2-16(19(23)24)26-15-10-6-7-13(11-15)12-17-18(22)21(20(25)27-17)14-8-4-3-5-9-14/h3-12,16H,2H2,1H3,(H,23,24)/b17-12+. The molecule has 0 spiro atoms. The number of hydrogen-bond donors (Lipinski definition) is 1. The number of imide groups is 1. The fraction of sp³-hybridized carbons (Fsp3) is 0.150. The number of benzene rings is 2.